The number of fused-ring (bicyclic) bond motifs is 1. The fourth-order valence-corrected chi connectivity index (χ4v) is 3.14. The molecule has 6 unspecified atom stereocenters. The van der Waals surface area contributed by atoms with Crippen LogP contribution in [-0.4, -0.2) is 61.8 Å². The highest BCUT2D eigenvalue weighted by Crippen LogP contribution is 2.48. The Morgan fingerprint density at radius 3 is 2.50 bits per heavy atom. The van der Waals surface area contributed by atoms with Crippen molar-refractivity contribution in [2.75, 3.05) is 7.11 Å². The van der Waals surface area contributed by atoms with Gasteiger partial charge in [0.05, 0.1) is 13.2 Å². The van der Waals surface area contributed by atoms with Gasteiger partial charge in [-0.05, 0) is 0 Å². The molecule has 2 bridgehead atoms. The molecule has 3 saturated heterocycles. The second-order valence-electron chi connectivity index (χ2n) is 5.50. The normalized spacial score (nSPS) is 36.2. The Labute approximate surface area is 132 Å². The minimum absolute atomic E-state index is 0.693. The maximum Gasteiger partial charge on any atom is 0.422 e. The van der Waals surface area contributed by atoms with E-state index in [1.165, 1.54) is 0 Å². The van der Waals surface area contributed by atoms with Gasteiger partial charge in [-0.3, -0.25) is 4.79 Å². The lowest BCUT2D eigenvalue weighted by molar-refractivity contribution is -0.164. The second kappa shape index (κ2) is 5.36. The van der Waals surface area contributed by atoms with Crippen molar-refractivity contribution in [3.63, 3.8) is 0 Å². The molecule has 3 aliphatic rings. The number of nitrogens with one attached hydrogen (secondary N) is 1. The van der Waals surface area contributed by atoms with Gasteiger partial charge in [-0.15, -0.1) is 0 Å². The first kappa shape index (κ1) is 16.6. The maximum absolute atomic E-state index is 12.5. The van der Waals surface area contributed by atoms with E-state index in [4.69, 9.17) is 14.2 Å². The summed E-state index contributed by atoms with van der Waals surface area (Å²) in [7, 11) is 1.10. The summed E-state index contributed by atoms with van der Waals surface area (Å²) in [5, 5.41) is 2.36. The van der Waals surface area contributed by atoms with Crippen LogP contribution in [0.5, 0.6) is 0 Å². The monoisotopic (exact) mass is 351 g/mol. The smallest absolute Gasteiger partial charge is 0.422 e. The largest absolute Gasteiger partial charge is 0.455 e. The van der Waals surface area contributed by atoms with Gasteiger partial charge in [-0.1, -0.05) is 6.58 Å². The van der Waals surface area contributed by atoms with Crippen molar-refractivity contribution in [2.45, 2.75) is 36.6 Å². The van der Waals surface area contributed by atoms with Crippen molar-refractivity contribution in [2.24, 2.45) is 5.92 Å². The molecular formula is C13H12F3NO7. The Kier molecular flexibility index (Phi) is 3.70. The first-order chi connectivity index (χ1) is 11.1. The van der Waals surface area contributed by atoms with Crippen LogP contribution in [0.1, 0.15) is 0 Å². The Bertz CT molecular complexity index is 619. The molecule has 8 nitrogen and oxygen atoms in total. The van der Waals surface area contributed by atoms with E-state index < -0.39 is 66.2 Å². The van der Waals surface area contributed by atoms with Crippen LogP contribution in [0, 0.1) is 5.92 Å². The zero-order chi connectivity index (χ0) is 17.8. The highest BCUT2D eigenvalue weighted by atomic mass is 19.4. The number of ether oxygens (including phenoxy) is 4. The topological polar surface area (TPSA) is 100 Å². The third-order valence-electron chi connectivity index (χ3n) is 4.21. The van der Waals surface area contributed by atoms with Crippen molar-refractivity contribution < 1.29 is 46.5 Å². The molecule has 0 aromatic rings. The molecule has 132 valence electrons. The van der Waals surface area contributed by atoms with Crippen molar-refractivity contribution in [3.8, 4) is 0 Å². The van der Waals surface area contributed by atoms with E-state index in [2.05, 4.69) is 16.6 Å². The summed E-state index contributed by atoms with van der Waals surface area (Å²) in [6.07, 6.45) is -9.97. The van der Waals surface area contributed by atoms with Gasteiger partial charge in [-0.2, -0.15) is 13.2 Å². The van der Waals surface area contributed by atoms with E-state index in [-0.39, 0.29) is 0 Å². The van der Waals surface area contributed by atoms with Crippen molar-refractivity contribution in [1.29, 1.82) is 0 Å². The zero-order valence-corrected chi connectivity index (χ0v) is 12.2. The number of alkyl carbamates (subject to hydrolysis) is 1. The second-order valence-corrected chi connectivity index (χ2v) is 5.50. The van der Waals surface area contributed by atoms with Crippen LogP contribution in [0.2, 0.25) is 0 Å². The van der Waals surface area contributed by atoms with Gasteiger partial charge < -0.3 is 24.3 Å². The van der Waals surface area contributed by atoms with Crippen LogP contribution in [-0.2, 0) is 28.5 Å². The standard InChI is InChI=1S/C13H12F3NO7/c1-3(13(14,15)16)10(18)23-9-7-5(17-12(20)21-2)4-6(22-7)8(9)24-11(4)19/h4-9H,1H2,2H3,(H,17,20). The van der Waals surface area contributed by atoms with Crippen LogP contribution in [0.25, 0.3) is 0 Å². The number of rotatable bonds is 3. The summed E-state index contributed by atoms with van der Waals surface area (Å²) in [5.74, 6) is -3.22. The minimum atomic E-state index is -4.95. The van der Waals surface area contributed by atoms with E-state index >= 15 is 0 Å². The quantitative estimate of drug-likeness (QED) is 0.436. The molecule has 3 heterocycles. The van der Waals surface area contributed by atoms with Crippen LogP contribution in [0.3, 0.4) is 0 Å². The molecule has 0 radical (unpaired) electrons. The van der Waals surface area contributed by atoms with E-state index in [1.54, 1.807) is 0 Å². The molecule has 0 aromatic carbocycles. The maximum atomic E-state index is 12.5. The van der Waals surface area contributed by atoms with Gasteiger partial charge in [0, 0.05) is 0 Å². The number of carbonyl (C=O) groups is 3. The first-order valence-electron chi connectivity index (χ1n) is 6.82. The average molecular weight is 351 g/mol. The van der Waals surface area contributed by atoms with E-state index in [0.29, 0.717) is 0 Å². The SMILES string of the molecule is C=C(C(=O)OC1C2OC3C1OC(=O)C3C2NC(=O)OC)C(F)(F)F. The van der Waals surface area contributed by atoms with Crippen LogP contribution in [0.15, 0.2) is 12.2 Å². The molecule has 3 fully saturated rings. The van der Waals surface area contributed by atoms with E-state index in [0.717, 1.165) is 7.11 Å². The van der Waals surface area contributed by atoms with Gasteiger partial charge in [0.2, 0.25) is 0 Å². The third kappa shape index (κ3) is 2.39. The molecule has 24 heavy (non-hydrogen) atoms. The number of amides is 1. The van der Waals surface area contributed by atoms with Gasteiger partial charge in [-0.25, -0.2) is 9.59 Å². The van der Waals surface area contributed by atoms with Gasteiger partial charge in [0.15, 0.2) is 12.2 Å². The summed E-state index contributed by atoms with van der Waals surface area (Å²) < 4.78 is 57.3. The van der Waals surface area contributed by atoms with Gasteiger partial charge >= 0.3 is 24.2 Å². The van der Waals surface area contributed by atoms with Crippen LogP contribution >= 0.6 is 0 Å². The van der Waals surface area contributed by atoms with Crippen molar-refractivity contribution in [3.05, 3.63) is 12.2 Å². The zero-order valence-electron chi connectivity index (χ0n) is 12.2. The Morgan fingerprint density at radius 2 is 1.92 bits per heavy atom. The first-order valence-corrected chi connectivity index (χ1v) is 6.82. The lowest BCUT2D eigenvalue weighted by Gasteiger charge is -2.28. The predicted octanol–water partition coefficient (Wildman–Crippen LogP) is 0.0639. The Morgan fingerprint density at radius 1 is 1.25 bits per heavy atom. The molecule has 3 rings (SSSR count). The van der Waals surface area contributed by atoms with Crippen LogP contribution in [0.4, 0.5) is 18.0 Å². The molecule has 0 spiro atoms. The molecule has 3 aliphatic heterocycles. The number of alkyl halides is 3. The highest BCUT2D eigenvalue weighted by molar-refractivity contribution is 5.89. The molecule has 0 aliphatic carbocycles. The molecule has 0 saturated carbocycles. The minimum Gasteiger partial charge on any atom is -0.455 e. The number of esters is 2. The molecule has 1 amide bonds. The summed E-state index contributed by atoms with van der Waals surface area (Å²) in [6.45, 7) is 2.65. The molecule has 0 aromatic heterocycles. The summed E-state index contributed by atoms with van der Waals surface area (Å²) in [4.78, 5) is 34.9. The number of methoxy groups -OCH3 is 1. The van der Waals surface area contributed by atoms with Gasteiger partial charge in [0.1, 0.15) is 23.7 Å². The van der Waals surface area contributed by atoms with Crippen LogP contribution < -0.4 is 5.32 Å². The summed E-state index contributed by atoms with van der Waals surface area (Å²) in [5.41, 5.74) is -1.69. The number of carbonyl (C=O) groups excluding carboxylic acids is 3. The Hall–Kier alpha value is -2.30. The summed E-state index contributed by atoms with van der Waals surface area (Å²) in [6, 6.07) is -0.939. The molecule has 6 atom stereocenters. The predicted molar refractivity (Wildman–Crippen MR) is 66.4 cm³/mol. The van der Waals surface area contributed by atoms with E-state index in [9.17, 15) is 27.6 Å². The number of hydrogen-bond donors (Lipinski definition) is 1. The fraction of sp³-hybridized carbons (Fsp3) is 0.615. The molecule has 1 N–H and O–H groups in total. The fourth-order valence-electron chi connectivity index (χ4n) is 3.14. The summed E-state index contributed by atoms with van der Waals surface area (Å²) >= 11 is 0. The van der Waals surface area contributed by atoms with E-state index in [1.807, 2.05) is 0 Å². The third-order valence-corrected chi connectivity index (χ3v) is 4.21. The lowest BCUT2D eigenvalue weighted by Crippen LogP contribution is -2.55. The number of hydrogen-bond acceptors (Lipinski definition) is 7. The van der Waals surface area contributed by atoms with Gasteiger partial charge in [0.25, 0.3) is 0 Å². The Balaban J connectivity index is 1.78. The van der Waals surface area contributed by atoms with Crippen molar-refractivity contribution in [1.82, 2.24) is 5.32 Å². The lowest BCUT2D eigenvalue weighted by atomic mass is 9.83. The highest BCUT2D eigenvalue weighted by Gasteiger charge is 2.70. The average Bonchev–Trinajstić information content (AvgIpc) is 3.09. The number of halogens is 3. The molecule has 11 heteroatoms. The van der Waals surface area contributed by atoms with Crippen molar-refractivity contribution >= 4 is 18.0 Å². The molecular weight excluding hydrogens is 339 g/mol.